The Labute approximate surface area is 183 Å². The number of aromatic nitrogens is 1. The van der Waals surface area contributed by atoms with Gasteiger partial charge in [-0.25, -0.2) is 4.98 Å². The fourth-order valence-corrected chi connectivity index (χ4v) is 3.09. The largest absolute Gasteiger partial charge is 0.493 e. The quantitative estimate of drug-likeness (QED) is 0.385. The number of carboxylic acid groups (broad SMARTS) is 1. The van der Waals surface area contributed by atoms with Crippen LogP contribution >= 0.6 is 0 Å². The maximum atomic E-state index is 13.2. The van der Waals surface area contributed by atoms with Gasteiger partial charge in [0.05, 0.1) is 12.1 Å². The molecule has 3 aromatic rings. The van der Waals surface area contributed by atoms with E-state index in [1.807, 2.05) is 6.92 Å². The van der Waals surface area contributed by atoms with Gasteiger partial charge in [0.2, 0.25) is 0 Å². The van der Waals surface area contributed by atoms with Crippen molar-refractivity contribution < 1.29 is 32.5 Å². The lowest BCUT2D eigenvalue weighted by Crippen LogP contribution is -2.09. The molecule has 0 unspecified atom stereocenters. The average molecular weight is 447 g/mol. The van der Waals surface area contributed by atoms with Crippen LogP contribution in [0.15, 0.2) is 48.5 Å². The maximum Gasteiger partial charge on any atom is 0.433 e. The van der Waals surface area contributed by atoms with Gasteiger partial charge >= 0.3 is 12.1 Å². The van der Waals surface area contributed by atoms with Crippen LogP contribution in [0.3, 0.4) is 0 Å². The zero-order valence-electron chi connectivity index (χ0n) is 17.6. The number of rotatable bonds is 10. The van der Waals surface area contributed by atoms with Gasteiger partial charge in [0.15, 0.2) is 0 Å². The molecule has 0 radical (unpaired) electrons. The minimum absolute atomic E-state index is 0.0596. The number of fused-ring (bicyclic) bond motifs is 1. The van der Waals surface area contributed by atoms with Crippen LogP contribution in [0.4, 0.5) is 13.2 Å². The first-order valence-electron chi connectivity index (χ1n) is 10.3. The molecular weight excluding hydrogens is 423 g/mol. The first-order valence-corrected chi connectivity index (χ1v) is 10.3. The maximum absolute atomic E-state index is 13.2. The summed E-state index contributed by atoms with van der Waals surface area (Å²) in [6.45, 7) is 2.50. The summed E-state index contributed by atoms with van der Waals surface area (Å²) in [5.74, 6) is -0.0916. The second kappa shape index (κ2) is 10.3. The van der Waals surface area contributed by atoms with Gasteiger partial charge < -0.3 is 14.6 Å². The number of benzene rings is 2. The smallest absolute Gasteiger partial charge is 0.433 e. The highest BCUT2D eigenvalue weighted by atomic mass is 19.4. The number of pyridine rings is 1. The summed E-state index contributed by atoms with van der Waals surface area (Å²) >= 11 is 0. The molecule has 0 atom stereocenters. The SMILES string of the molecule is CCCCOc1cc(C(F)(F)F)nc2ccc(COc3ccc(CCC(=O)O)cc3)cc12. The van der Waals surface area contributed by atoms with Gasteiger partial charge in [-0.2, -0.15) is 13.2 Å². The molecule has 0 bridgehead atoms. The van der Waals surface area contributed by atoms with Crippen molar-refractivity contribution in [2.24, 2.45) is 0 Å². The third-order valence-corrected chi connectivity index (χ3v) is 4.84. The van der Waals surface area contributed by atoms with Crippen molar-refractivity contribution in [3.8, 4) is 11.5 Å². The molecule has 0 aliphatic heterocycles. The fraction of sp³-hybridized carbons (Fsp3) is 0.333. The number of carbonyl (C=O) groups is 1. The van der Waals surface area contributed by atoms with Crippen LogP contribution in [0.2, 0.25) is 0 Å². The number of alkyl halides is 3. The average Bonchev–Trinajstić information content (AvgIpc) is 2.76. The molecule has 1 heterocycles. The molecule has 32 heavy (non-hydrogen) atoms. The molecule has 2 aromatic carbocycles. The van der Waals surface area contributed by atoms with Crippen molar-refractivity contribution in [3.05, 3.63) is 65.4 Å². The molecule has 5 nitrogen and oxygen atoms in total. The Kier molecular flexibility index (Phi) is 7.56. The molecule has 170 valence electrons. The first kappa shape index (κ1) is 23.4. The van der Waals surface area contributed by atoms with Crippen LogP contribution in [0.25, 0.3) is 10.9 Å². The zero-order chi connectivity index (χ0) is 23.1. The standard InChI is InChI=1S/C24H24F3NO4/c1-2-3-12-31-21-14-22(24(25,26)27)28-20-10-6-17(13-19(20)21)15-32-18-8-4-16(5-9-18)7-11-23(29)30/h4-6,8-10,13-14H,2-3,7,11-12,15H2,1H3,(H,29,30). The molecule has 0 saturated heterocycles. The van der Waals surface area contributed by atoms with E-state index < -0.39 is 17.8 Å². The fourth-order valence-electron chi connectivity index (χ4n) is 3.09. The Morgan fingerprint density at radius 2 is 1.75 bits per heavy atom. The van der Waals surface area contributed by atoms with Crippen molar-refractivity contribution in [1.29, 1.82) is 0 Å². The van der Waals surface area contributed by atoms with E-state index >= 15 is 0 Å². The summed E-state index contributed by atoms with van der Waals surface area (Å²) in [4.78, 5) is 14.4. The summed E-state index contributed by atoms with van der Waals surface area (Å²) in [7, 11) is 0. The monoisotopic (exact) mass is 447 g/mol. The number of aliphatic carboxylic acids is 1. The molecule has 1 N–H and O–H groups in total. The first-order chi connectivity index (χ1) is 15.3. The minimum Gasteiger partial charge on any atom is -0.493 e. The second-order valence-electron chi connectivity index (χ2n) is 7.38. The Morgan fingerprint density at radius 1 is 1.03 bits per heavy atom. The van der Waals surface area contributed by atoms with E-state index in [0.717, 1.165) is 30.0 Å². The van der Waals surface area contributed by atoms with Crippen LogP contribution in [-0.2, 0) is 24.0 Å². The van der Waals surface area contributed by atoms with Crippen molar-refractivity contribution in [2.75, 3.05) is 6.61 Å². The molecule has 0 aliphatic carbocycles. The van der Waals surface area contributed by atoms with Gasteiger partial charge in [-0.3, -0.25) is 4.79 Å². The number of ether oxygens (including phenoxy) is 2. The van der Waals surface area contributed by atoms with E-state index in [-0.39, 0.29) is 24.3 Å². The lowest BCUT2D eigenvalue weighted by molar-refractivity contribution is -0.141. The predicted octanol–water partition coefficient (Wildman–Crippen LogP) is 6.03. The minimum atomic E-state index is -4.56. The molecule has 1 aromatic heterocycles. The summed E-state index contributed by atoms with van der Waals surface area (Å²) in [6, 6.07) is 13.0. The number of hydrogen-bond acceptors (Lipinski definition) is 4. The summed E-state index contributed by atoms with van der Waals surface area (Å²) < 4.78 is 51.1. The van der Waals surface area contributed by atoms with Crippen LogP contribution in [0.5, 0.6) is 11.5 Å². The van der Waals surface area contributed by atoms with Gasteiger partial charge in [0.25, 0.3) is 0 Å². The van der Waals surface area contributed by atoms with E-state index in [2.05, 4.69) is 4.98 Å². The van der Waals surface area contributed by atoms with E-state index in [1.54, 1.807) is 36.4 Å². The van der Waals surface area contributed by atoms with Crippen LogP contribution in [0.1, 0.15) is 43.0 Å². The normalized spacial score (nSPS) is 11.5. The van der Waals surface area contributed by atoms with Crippen LogP contribution < -0.4 is 9.47 Å². The number of aryl methyl sites for hydroxylation is 1. The lowest BCUT2D eigenvalue weighted by atomic mass is 10.1. The number of unbranched alkanes of at least 4 members (excludes halogenated alkanes) is 1. The summed E-state index contributed by atoms with van der Waals surface area (Å²) in [5.41, 5.74) is 0.876. The van der Waals surface area contributed by atoms with Gasteiger partial charge in [0.1, 0.15) is 23.8 Å². The van der Waals surface area contributed by atoms with E-state index in [9.17, 15) is 18.0 Å². The van der Waals surface area contributed by atoms with Gasteiger partial charge in [-0.15, -0.1) is 0 Å². The highest BCUT2D eigenvalue weighted by Gasteiger charge is 2.33. The highest BCUT2D eigenvalue weighted by Crippen LogP contribution is 2.34. The molecule has 0 amide bonds. The third kappa shape index (κ3) is 6.35. The number of carboxylic acids is 1. The van der Waals surface area contributed by atoms with E-state index in [0.29, 0.717) is 24.2 Å². The Hall–Kier alpha value is -3.29. The number of hydrogen-bond donors (Lipinski definition) is 1. The topological polar surface area (TPSA) is 68.7 Å². The van der Waals surface area contributed by atoms with Gasteiger partial charge in [-0.1, -0.05) is 31.5 Å². The van der Waals surface area contributed by atoms with Crippen LogP contribution in [-0.4, -0.2) is 22.7 Å². The molecule has 0 saturated carbocycles. The molecule has 3 rings (SSSR count). The van der Waals surface area contributed by atoms with Gasteiger partial charge in [0, 0.05) is 17.9 Å². The van der Waals surface area contributed by atoms with Gasteiger partial charge in [-0.05, 0) is 48.2 Å². The third-order valence-electron chi connectivity index (χ3n) is 4.84. The van der Waals surface area contributed by atoms with E-state index in [4.69, 9.17) is 14.6 Å². The Bertz CT molecular complexity index is 1070. The van der Waals surface area contributed by atoms with Crippen molar-refractivity contribution in [2.45, 2.75) is 45.4 Å². The molecule has 0 aliphatic rings. The Morgan fingerprint density at radius 3 is 2.41 bits per heavy atom. The van der Waals surface area contributed by atoms with Crippen molar-refractivity contribution >= 4 is 16.9 Å². The van der Waals surface area contributed by atoms with Crippen molar-refractivity contribution in [1.82, 2.24) is 4.98 Å². The molecule has 0 spiro atoms. The lowest BCUT2D eigenvalue weighted by Gasteiger charge is -2.14. The number of nitrogens with zero attached hydrogens (tertiary/aromatic N) is 1. The van der Waals surface area contributed by atoms with Crippen molar-refractivity contribution in [3.63, 3.8) is 0 Å². The summed E-state index contributed by atoms with van der Waals surface area (Å²) in [6.07, 6.45) is -2.46. The van der Waals surface area contributed by atoms with Crippen LogP contribution in [0, 0.1) is 0 Å². The van der Waals surface area contributed by atoms with E-state index in [1.165, 1.54) is 6.07 Å². The summed E-state index contributed by atoms with van der Waals surface area (Å²) in [5, 5.41) is 9.26. The second-order valence-corrected chi connectivity index (χ2v) is 7.38. The molecular formula is C24H24F3NO4. The molecule has 8 heteroatoms. The zero-order valence-corrected chi connectivity index (χ0v) is 17.6. The predicted molar refractivity (Wildman–Crippen MR) is 114 cm³/mol. The molecule has 0 fully saturated rings. The highest BCUT2D eigenvalue weighted by molar-refractivity contribution is 5.86. The number of halogens is 3. The Balaban J connectivity index is 1.77.